The van der Waals surface area contributed by atoms with Crippen molar-refractivity contribution >= 4 is 8.56 Å². The van der Waals surface area contributed by atoms with E-state index in [1.807, 2.05) is 0 Å². The van der Waals surface area contributed by atoms with Gasteiger partial charge in [-0.1, -0.05) is 0 Å². The molecule has 3 nitrogen and oxygen atoms in total. The van der Waals surface area contributed by atoms with Gasteiger partial charge in [-0.25, -0.2) is 0 Å². The Bertz CT molecular complexity index is 178. The van der Waals surface area contributed by atoms with Crippen molar-refractivity contribution in [3.8, 4) is 0 Å². The highest BCUT2D eigenvalue weighted by molar-refractivity contribution is 6.66. The maximum absolute atomic E-state index is 5.83. The molecule has 0 unspecified atom stereocenters. The van der Waals surface area contributed by atoms with E-state index in [4.69, 9.17) is 8.85 Å². The zero-order valence-corrected chi connectivity index (χ0v) is 12.1. The Morgan fingerprint density at radius 2 is 1.62 bits per heavy atom. The van der Waals surface area contributed by atoms with Gasteiger partial charge >= 0.3 is 8.56 Å². The van der Waals surface area contributed by atoms with Gasteiger partial charge in [-0.15, -0.1) is 0 Å². The van der Waals surface area contributed by atoms with E-state index in [0.717, 1.165) is 19.3 Å². The van der Waals surface area contributed by atoms with Gasteiger partial charge in [0.25, 0.3) is 0 Å². The second kappa shape index (κ2) is 7.43. The lowest BCUT2D eigenvalue weighted by Crippen LogP contribution is -2.39. The number of hydrogen-bond acceptors (Lipinski definition) is 3. The lowest BCUT2D eigenvalue weighted by molar-refractivity contribution is 0.186. The van der Waals surface area contributed by atoms with Crippen LogP contribution in [0.4, 0.5) is 0 Å². The highest BCUT2D eigenvalue weighted by Gasteiger charge is 2.30. The summed E-state index contributed by atoms with van der Waals surface area (Å²) in [4.78, 5) is 2.56. The molecule has 1 heterocycles. The first-order chi connectivity index (χ1) is 7.70. The van der Waals surface area contributed by atoms with Gasteiger partial charge in [0.1, 0.15) is 0 Å². The molecule has 1 saturated heterocycles. The van der Waals surface area contributed by atoms with Crippen LogP contribution in [0.3, 0.4) is 0 Å². The molecule has 0 amide bonds. The van der Waals surface area contributed by atoms with E-state index in [2.05, 4.69) is 25.3 Å². The molecule has 0 radical (unpaired) electrons. The summed E-state index contributed by atoms with van der Waals surface area (Å²) < 4.78 is 11.7. The Kier molecular flexibility index (Phi) is 6.57. The van der Waals surface area contributed by atoms with Gasteiger partial charge in [0.05, 0.1) is 0 Å². The van der Waals surface area contributed by atoms with Crippen LogP contribution in [0.15, 0.2) is 0 Å². The van der Waals surface area contributed by atoms with Gasteiger partial charge in [0, 0.05) is 13.2 Å². The standard InChI is InChI=1S/C12H27NO2Si/c1-4-14-16(3,15-5-2)12-8-11-13-9-6-7-10-13/h4-12H2,1-3H3. The highest BCUT2D eigenvalue weighted by atomic mass is 28.4. The molecule has 1 rings (SSSR count). The molecule has 4 heteroatoms. The van der Waals surface area contributed by atoms with Gasteiger partial charge in [-0.05, 0) is 65.3 Å². The van der Waals surface area contributed by atoms with Crippen molar-refractivity contribution in [3.63, 3.8) is 0 Å². The Balaban J connectivity index is 2.20. The fourth-order valence-corrected chi connectivity index (χ4v) is 4.82. The van der Waals surface area contributed by atoms with Crippen LogP contribution < -0.4 is 0 Å². The molecular weight excluding hydrogens is 218 g/mol. The average molecular weight is 245 g/mol. The quantitative estimate of drug-likeness (QED) is 0.614. The molecule has 1 fully saturated rings. The van der Waals surface area contributed by atoms with Crippen LogP contribution in [0.2, 0.25) is 12.6 Å². The molecule has 0 atom stereocenters. The molecule has 0 aliphatic carbocycles. The second-order valence-corrected chi connectivity index (χ2v) is 8.00. The predicted molar refractivity (Wildman–Crippen MR) is 70.0 cm³/mol. The fraction of sp³-hybridized carbons (Fsp3) is 1.00. The van der Waals surface area contributed by atoms with Gasteiger partial charge in [0.2, 0.25) is 0 Å². The van der Waals surface area contributed by atoms with Crippen LogP contribution in [0, 0.1) is 0 Å². The molecule has 16 heavy (non-hydrogen) atoms. The predicted octanol–water partition coefficient (Wildman–Crippen LogP) is 2.62. The molecule has 96 valence electrons. The monoisotopic (exact) mass is 245 g/mol. The van der Waals surface area contributed by atoms with Crippen LogP contribution in [0.25, 0.3) is 0 Å². The summed E-state index contributed by atoms with van der Waals surface area (Å²) in [6.07, 6.45) is 3.99. The number of likely N-dealkylation sites (tertiary alicyclic amines) is 1. The molecule has 0 spiro atoms. The first-order valence-corrected chi connectivity index (χ1v) is 9.23. The maximum Gasteiger partial charge on any atom is 0.334 e. The zero-order chi connectivity index (χ0) is 11.9. The average Bonchev–Trinajstić information content (AvgIpc) is 2.71. The van der Waals surface area contributed by atoms with Crippen molar-refractivity contribution in [1.82, 2.24) is 4.90 Å². The van der Waals surface area contributed by atoms with Crippen molar-refractivity contribution in [2.45, 2.75) is 45.7 Å². The first-order valence-electron chi connectivity index (χ1n) is 6.70. The summed E-state index contributed by atoms with van der Waals surface area (Å²) in [5.41, 5.74) is 0. The lowest BCUT2D eigenvalue weighted by atomic mass is 10.4. The van der Waals surface area contributed by atoms with Crippen LogP contribution >= 0.6 is 0 Å². The Morgan fingerprint density at radius 1 is 1.06 bits per heavy atom. The van der Waals surface area contributed by atoms with Crippen molar-refractivity contribution in [2.24, 2.45) is 0 Å². The second-order valence-electron chi connectivity index (χ2n) is 4.65. The van der Waals surface area contributed by atoms with Crippen LogP contribution in [0.5, 0.6) is 0 Å². The first kappa shape index (κ1) is 14.2. The molecule has 0 aromatic carbocycles. The van der Waals surface area contributed by atoms with Gasteiger partial charge in [0.15, 0.2) is 0 Å². The van der Waals surface area contributed by atoms with Crippen molar-refractivity contribution < 1.29 is 8.85 Å². The molecule has 1 aliphatic heterocycles. The minimum absolute atomic E-state index is 0.784. The van der Waals surface area contributed by atoms with E-state index < -0.39 is 8.56 Å². The third-order valence-electron chi connectivity index (χ3n) is 3.20. The lowest BCUT2D eigenvalue weighted by Gasteiger charge is -2.26. The van der Waals surface area contributed by atoms with E-state index in [9.17, 15) is 0 Å². The number of rotatable bonds is 8. The molecule has 0 N–H and O–H groups in total. The Hall–Kier alpha value is 0.0969. The summed E-state index contributed by atoms with van der Waals surface area (Å²) in [5, 5.41) is 0. The van der Waals surface area contributed by atoms with Gasteiger partial charge in [-0.3, -0.25) is 0 Å². The SMILES string of the molecule is CCO[Si](C)(CCCN1CCCC1)OCC. The smallest absolute Gasteiger partial charge is 0.334 e. The van der Waals surface area contributed by atoms with Crippen molar-refractivity contribution in [3.05, 3.63) is 0 Å². The molecule has 1 aliphatic rings. The molecular formula is C12H27NO2Si. The number of nitrogens with zero attached hydrogens (tertiary/aromatic N) is 1. The minimum Gasteiger partial charge on any atom is -0.395 e. The molecule has 0 bridgehead atoms. The zero-order valence-electron chi connectivity index (χ0n) is 11.1. The van der Waals surface area contributed by atoms with Crippen LogP contribution in [-0.4, -0.2) is 46.3 Å². The topological polar surface area (TPSA) is 21.7 Å². The third kappa shape index (κ3) is 4.95. The fourth-order valence-electron chi connectivity index (χ4n) is 2.43. The summed E-state index contributed by atoms with van der Waals surface area (Å²) in [7, 11) is -1.85. The maximum atomic E-state index is 5.83. The minimum atomic E-state index is -1.85. The van der Waals surface area contributed by atoms with E-state index in [0.29, 0.717) is 0 Å². The van der Waals surface area contributed by atoms with E-state index >= 15 is 0 Å². The van der Waals surface area contributed by atoms with Crippen molar-refractivity contribution in [2.75, 3.05) is 32.8 Å². The van der Waals surface area contributed by atoms with Gasteiger partial charge in [-0.2, -0.15) is 0 Å². The van der Waals surface area contributed by atoms with Crippen LogP contribution in [-0.2, 0) is 8.85 Å². The van der Waals surface area contributed by atoms with Crippen LogP contribution in [0.1, 0.15) is 33.1 Å². The third-order valence-corrected chi connectivity index (χ3v) is 6.26. The van der Waals surface area contributed by atoms with E-state index in [1.165, 1.54) is 38.9 Å². The van der Waals surface area contributed by atoms with Gasteiger partial charge < -0.3 is 13.8 Å². The normalized spacial score (nSPS) is 18.2. The largest absolute Gasteiger partial charge is 0.395 e. The molecule has 0 saturated carbocycles. The summed E-state index contributed by atoms with van der Waals surface area (Å²) in [6, 6.07) is 1.13. The van der Waals surface area contributed by atoms with E-state index in [-0.39, 0.29) is 0 Å². The summed E-state index contributed by atoms with van der Waals surface area (Å²) in [6.45, 7) is 11.7. The Labute approximate surface area is 101 Å². The number of hydrogen-bond donors (Lipinski definition) is 0. The highest BCUT2D eigenvalue weighted by Crippen LogP contribution is 2.17. The Morgan fingerprint density at radius 3 is 2.12 bits per heavy atom. The molecule has 0 aromatic rings. The van der Waals surface area contributed by atoms with E-state index in [1.54, 1.807) is 0 Å². The summed E-state index contributed by atoms with van der Waals surface area (Å²) >= 11 is 0. The summed E-state index contributed by atoms with van der Waals surface area (Å²) in [5.74, 6) is 0. The van der Waals surface area contributed by atoms with Crippen molar-refractivity contribution in [1.29, 1.82) is 0 Å². The molecule has 0 aromatic heterocycles.